The fourth-order valence-corrected chi connectivity index (χ4v) is 1.91. The van der Waals surface area contributed by atoms with Gasteiger partial charge in [0, 0.05) is 13.1 Å². The lowest BCUT2D eigenvalue weighted by Crippen LogP contribution is -2.54. The Morgan fingerprint density at radius 2 is 1.89 bits per heavy atom. The van der Waals surface area contributed by atoms with Crippen molar-refractivity contribution in [3.8, 4) is 0 Å². The maximum Gasteiger partial charge on any atom is 0.410 e. The molecule has 0 aromatic heterocycles. The second-order valence-corrected chi connectivity index (χ2v) is 5.77. The average molecular weight is 261 g/mol. The van der Waals surface area contributed by atoms with Gasteiger partial charge in [-0.3, -0.25) is 0 Å². The molecule has 1 amide bonds. The standard InChI is InChI=1S/C12H23NO5/c1-11(2,3)18-10(16)13-6-4-12(17,5-7-13)9(15)8-14/h9,14-15,17H,4-8H2,1-3H3/t9-/m1/s1. The third-order valence-corrected chi connectivity index (χ3v) is 3.07. The predicted molar refractivity (Wildman–Crippen MR) is 65.1 cm³/mol. The van der Waals surface area contributed by atoms with Crippen molar-refractivity contribution in [2.75, 3.05) is 19.7 Å². The van der Waals surface area contributed by atoms with Crippen molar-refractivity contribution < 1.29 is 24.9 Å². The van der Waals surface area contributed by atoms with E-state index in [1.807, 2.05) is 0 Å². The van der Waals surface area contributed by atoms with Crippen LogP contribution in [-0.2, 0) is 4.74 Å². The summed E-state index contributed by atoms with van der Waals surface area (Å²) in [6.07, 6.45) is -1.12. The molecular weight excluding hydrogens is 238 g/mol. The van der Waals surface area contributed by atoms with Gasteiger partial charge in [0.1, 0.15) is 11.7 Å². The third kappa shape index (κ3) is 3.83. The molecule has 0 saturated carbocycles. The minimum Gasteiger partial charge on any atom is -0.444 e. The molecule has 0 spiro atoms. The zero-order valence-electron chi connectivity index (χ0n) is 11.2. The lowest BCUT2D eigenvalue weighted by molar-refractivity contribution is -0.122. The highest BCUT2D eigenvalue weighted by Crippen LogP contribution is 2.26. The Labute approximate surface area is 107 Å². The van der Waals surface area contributed by atoms with Crippen LogP contribution in [0.15, 0.2) is 0 Å². The van der Waals surface area contributed by atoms with E-state index >= 15 is 0 Å². The number of ether oxygens (including phenoxy) is 1. The van der Waals surface area contributed by atoms with Crippen LogP contribution in [0.5, 0.6) is 0 Å². The molecule has 0 radical (unpaired) electrons. The van der Waals surface area contributed by atoms with Gasteiger partial charge in [0.05, 0.1) is 12.2 Å². The SMILES string of the molecule is CC(C)(C)OC(=O)N1CCC(O)([C@H](O)CO)CC1. The Balaban J connectivity index is 2.51. The molecule has 1 atom stereocenters. The number of likely N-dealkylation sites (tertiary alicyclic amines) is 1. The van der Waals surface area contributed by atoms with Gasteiger partial charge in [-0.2, -0.15) is 0 Å². The third-order valence-electron chi connectivity index (χ3n) is 3.07. The van der Waals surface area contributed by atoms with Crippen molar-refractivity contribution in [1.29, 1.82) is 0 Å². The molecule has 1 rings (SSSR count). The van der Waals surface area contributed by atoms with Gasteiger partial charge in [-0.15, -0.1) is 0 Å². The lowest BCUT2D eigenvalue weighted by atomic mass is 9.86. The number of nitrogens with zero attached hydrogens (tertiary/aromatic N) is 1. The summed E-state index contributed by atoms with van der Waals surface area (Å²) in [6, 6.07) is 0. The molecule has 1 aliphatic rings. The van der Waals surface area contributed by atoms with E-state index in [4.69, 9.17) is 9.84 Å². The molecule has 1 heterocycles. The fraction of sp³-hybridized carbons (Fsp3) is 0.917. The maximum atomic E-state index is 11.8. The topological polar surface area (TPSA) is 90.2 Å². The first kappa shape index (κ1) is 15.2. The largest absolute Gasteiger partial charge is 0.444 e. The number of rotatable bonds is 2. The molecule has 3 N–H and O–H groups in total. The van der Waals surface area contributed by atoms with Crippen LogP contribution in [0.4, 0.5) is 4.79 Å². The molecule has 6 nitrogen and oxygen atoms in total. The van der Waals surface area contributed by atoms with Gasteiger partial charge in [-0.05, 0) is 33.6 Å². The van der Waals surface area contributed by atoms with Gasteiger partial charge in [-0.25, -0.2) is 4.79 Å². The van der Waals surface area contributed by atoms with E-state index in [-0.39, 0.29) is 12.8 Å². The summed E-state index contributed by atoms with van der Waals surface area (Å²) in [7, 11) is 0. The van der Waals surface area contributed by atoms with Gasteiger partial charge in [0.15, 0.2) is 0 Å². The first-order valence-electron chi connectivity index (χ1n) is 6.17. The normalized spacial score (nSPS) is 21.6. The first-order valence-corrected chi connectivity index (χ1v) is 6.17. The second kappa shape index (κ2) is 5.42. The Kier molecular flexibility index (Phi) is 4.58. The van der Waals surface area contributed by atoms with Crippen LogP contribution in [0.3, 0.4) is 0 Å². The number of piperidine rings is 1. The van der Waals surface area contributed by atoms with E-state index in [0.29, 0.717) is 13.1 Å². The Morgan fingerprint density at radius 3 is 2.28 bits per heavy atom. The minimum absolute atomic E-state index is 0.230. The molecule has 1 aliphatic heterocycles. The smallest absolute Gasteiger partial charge is 0.410 e. The highest BCUT2D eigenvalue weighted by molar-refractivity contribution is 5.68. The zero-order valence-corrected chi connectivity index (χ0v) is 11.2. The number of hydrogen-bond acceptors (Lipinski definition) is 5. The minimum atomic E-state index is -1.31. The molecule has 0 aromatic rings. The molecule has 106 valence electrons. The lowest BCUT2D eigenvalue weighted by Gasteiger charge is -2.40. The van der Waals surface area contributed by atoms with Gasteiger partial charge >= 0.3 is 6.09 Å². The summed E-state index contributed by atoms with van der Waals surface area (Å²) in [5.74, 6) is 0. The monoisotopic (exact) mass is 261 g/mol. The fourth-order valence-electron chi connectivity index (χ4n) is 1.91. The van der Waals surface area contributed by atoms with Crippen LogP contribution in [0.2, 0.25) is 0 Å². The molecule has 0 unspecified atom stereocenters. The number of hydrogen-bond donors (Lipinski definition) is 3. The number of aliphatic hydroxyl groups excluding tert-OH is 2. The van der Waals surface area contributed by atoms with E-state index in [1.54, 1.807) is 20.8 Å². The number of carbonyl (C=O) groups is 1. The molecule has 6 heteroatoms. The Morgan fingerprint density at radius 1 is 1.39 bits per heavy atom. The summed E-state index contributed by atoms with van der Waals surface area (Å²) < 4.78 is 5.23. The van der Waals surface area contributed by atoms with Crippen molar-refractivity contribution >= 4 is 6.09 Å². The van der Waals surface area contributed by atoms with Crippen LogP contribution in [0, 0.1) is 0 Å². The highest BCUT2D eigenvalue weighted by atomic mass is 16.6. The molecule has 0 bridgehead atoms. The van der Waals surface area contributed by atoms with Gasteiger partial charge in [0.2, 0.25) is 0 Å². The average Bonchev–Trinajstić information content (AvgIpc) is 2.26. The second-order valence-electron chi connectivity index (χ2n) is 5.77. The molecule has 0 aromatic carbocycles. The van der Waals surface area contributed by atoms with Crippen LogP contribution in [-0.4, -0.2) is 63.3 Å². The van der Waals surface area contributed by atoms with Crippen molar-refractivity contribution in [3.63, 3.8) is 0 Å². The molecule has 1 fully saturated rings. The number of aliphatic hydroxyl groups is 3. The van der Waals surface area contributed by atoms with Crippen LogP contribution in [0.1, 0.15) is 33.6 Å². The van der Waals surface area contributed by atoms with Crippen molar-refractivity contribution in [2.45, 2.75) is 50.9 Å². The summed E-state index contributed by atoms with van der Waals surface area (Å²) in [4.78, 5) is 13.3. The quantitative estimate of drug-likeness (QED) is 0.656. The van der Waals surface area contributed by atoms with Crippen LogP contribution in [0.25, 0.3) is 0 Å². The van der Waals surface area contributed by atoms with Crippen molar-refractivity contribution in [1.82, 2.24) is 4.90 Å². The van der Waals surface area contributed by atoms with Gasteiger partial charge in [0.25, 0.3) is 0 Å². The van der Waals surface area contributed by atoms with Crippen LogP contribution < -0.4 is 0 Å². The van der Waals surface area contributed by atoms with Crippen molar-refractivity contribution in [3.05, 3.63) is 0 Å². The van der Waals surface area contributed by atoms with E-state index in [1.165, 1.54) is 4.90 Å². The van der Waals surface area contributed by atoms with E-state index in [0.717, 1.165) is 0 Å². The summed E-state index contributed by atoms with van der Waals surface area (Å²) in [5.41, 5.74) is -1.86. The number of amides is 1. The predicted octanol–water partition coefficient (Wildman–Crippen LogP) is 0.102. The Hall–Kier alpha value is -0.850. The van der Waals surface area contributed by atoms with Crippen molar-refractivity contribution in [2.24, 2.45) is 0 Å². The Bertz CT molecular complexity index is 291. The summed E-state index contributed by atoms with van der Waals surface area (Å²) >= 11 is 0. The van der Waals surface area contributed by atoms with Crippen LogP contribution >= 0.6 is 0 Å². The highest BCUT2D eigenvalue weighted by Gasteiger charge is 2.40. The molecule has 1 saturated heterocycles. The van der Waals surface area contributed by atoms with E-state index in [2.05, 4.69) is 0 Å². The van der Waals surface area contributed by atoms with Gasteiger partial charge < -0.3 is 25.0 Å². The molecule has 0 aliphatic carbocycles. The molecule has 18 heavy (non-hydrogen) atoms. The summed E-state index contributed by atoms with van der Waals surface area (Å²) in [6.45, 7) is 5.51. The summed E-state index contributed by atoms with van der Waals surface area (Å²) in [5, 5.41) is 28.5. The van der Waals surface area contributed by atoms with E-state index in [9.17, 15) is 15.0 Å². The first-order chi connectivity index (χ1) is 8.18. The zero-order chi connectivity index (χ0) is 14.0. The number of carbonyl (C=O) groups excluding carboxylic acids is 1. The van der Waals surface area contributed by atoms with E-state index < -0.39 is 30.0 Å². The van der Waals surface area contributed by atoms with Gasteiger partial charge in [-0.1, -0.05) is 0 Å². The molecular formula is C12H23NO5. The maximum absolute atomic E-state index is 11.8.